The van der Waals surface area contributed by atoms with Crippen molar-refractivity contribution in [1.29, 1.82) is 0 Å². The Morgan fingerprint density at radius 3 is 2.70 bits per heavy atom. The number of nitro groups is 1. The van der Waals surface area contributed by atoms with Crippen molar-refractivity contribution in [2.75, 3.05) is 0 Å². The maximum absolute atomic E-state index is 13.1. The fourth-order valence-electron chi connectivity index (χ4n) is 1.59. The minimum atomic E-state index is -0.524. The number of alkyl halides is 1. The highest BCUT2D eigenvalue weighted by Gasteiger charge is 2.17. The standard InChI is InChI=1S/C13H8BrClFNO3/c14-13-10(17(18)19)2-1-3-12(13)20-11-5-4-9(16)6-8(11)7-15/h1-6H,7H2. The molecule has 0 aliphatic rings. The van der Waals surface area contributed by atoms with E-state index in [0.717, 1.165) is 0 Å². The molecule has 0 unspecified atom stereocenters. The van der Waals surface area contributed by atoms with Crippen molar-refractivity contribution in [3.05, 3.63) is 62.4 Å². The molecule has 4 nitrogen and oxygen atoms in total. The first-order chi connectivity index (χ1) is 9.52. The summed E-state index contributed by atoms with van der Waals surface area (Å²) in [5, 5.41) is 10.8. The van der Waals surface area contributed by atoms with Crippen molar-refractivity contribution in [1.82, 2.24) is 0 Å². The van der Waals surface area contributed by atoms with Crippen molar-refractivity contribution < 1.29 is 14.1 Å². The van der Waals surface area contributed by atoms with E-state index in [0.29, 0.717) is 11.3 Å². The number of nitro benzene ring substituents is 1. The fraction of sp³-hybridized carbons (Fsp3) is 0.0769. The van der Waals surface area contributed by atoms with E-state index in [2.05, 4.69) is 15.9 Å². The lowest BCUT2D eigenvalue weighted by Gasteiger charge is -2.11. The van der Waals surface area contributed by atoms with Crippen molar-refractivity contribution in [3.8, 4) is 11.5 Å². The summed E-state index contributed by atoms with van der Waals surface area (Å²) in [6.45, 7) is 0. The van der Waals surface area contributed by atoms with Gasteiger partial charge >= 0.3 is 0 Å². The number of benzene rings is 2. The molecule has 0 saturated carbocycles. The largest absolute Gasteiger partial charge is 0.456 e. The molecule has 0 fully saturated rings. The van der Waals surface area contributed by atoms with Gasteiger partial charge < -0.3 is 4.74 Å². The van der Waals surface area contributed by atoms with E-state index in [-0.39, 0.29) is 21.8 Å². The fourth-order valence-corrected chi connectivity index (χ4v) is 2.29. The molecule has 0 bridgehead atoms. The SMILES string of the molecule is O=[N+]([O-])c1cccc(Oc2ccc(F)cc2CCl)c1Br. The van der Waals surface area contributed by atoms with Crippen LogP contribution in [0.5, 0.6) is 11.5 Å². The molecule has 7 heteroatoms. The molecule has 20 heavy (non-hydrogen) atoms. The van der Waals surface area contributed by atoms with Gasteiger partial charge in [-0.1, -0.05) is 6.07 Å². The van der Waals surface area contributed by atoms with Gasteiger partial charge in [0.15, 0.2) is 0 Å². The van der Waals surface area contributed by atoms with Crippen molar-refractivity contribution in [2.24, 2.45) is 0 Å². The third-order valence-corrected chi connectivity index (χ3v) is 3.61. The second-order valence-corrected chi connectivity index (χ2v) is 4.89. The van der Waals surface area contributed by atoms with E-state index in [1.54, 1.807) is 6.07 Å². The molecule has 2 aromatic carbocycles. The zero-order chi connectivity index (χ0) is 14.7. The van der Waals surface area contributed by atoms with E-state index < -0.39 is 10.7 Å². The predicted octanol–water partition coefficient (Wildman–Crippen LogP) is 5.03. The van der Waals surface area contributed by atoms with Gasteiger partial charge in [-0.3, -0.25) is 10.1 Å². The molecule has 0 aliphatic heterocycles. The molecule has 2 aromatic rings. The van der Waals surface area contributed by atoms with Gasteiger partial charge in [0, 0.05) is 11.6 Å². The molecule has 0 saturated heterocycles. The number of ether oxygens (including phenoxy) is 1. The normalized spacial score (nSPS) is 10.3. The molecule has 0 radical (unpaired) electrons. The molecule has 2 rings (SSSR count). The van der Waals surface area contributed by atoms with Crippen molar-refractivity contribution >= 4 is 33.2 Å². The lowest BCUT2D eigenvalue weighted by atomic mass is 10.2. The molecular weight excluding hydrogens is 353 g/mol. The molecule has 0 amide bonds. The summed E-state index contributed by atoms with van der Waals surface area (Å²) in [6, 6.07) is 8.34. The molecule has 0 atom stereocenters. The zero-order valence-corrected chi connectivity index (χ0v) is 12.3. The van der Waals surface area contributed by atoms with Crippen LogP contribution in [0.2, 0.25) is 0 Å². The third-order valence-electron chi connectivity index (χ3n) is 2.53. The van der Waals surface area contributed by atoms with Crippen LogP contribution in [0.15, 0.2) is 40.9 Å². The summed E-state index contributed by atoms with van der Waals surface area (Å²) < 4.78 is 18.9. The van der Waals surface area contributed by atoms with E-state index in [4.69, 9.17) is 16.3 Å². The van der Waals surface area contributed by atoms with E-state index >= 15 is 0 Å². The summed E-state index contributed by atoms with van der Waals surface area (Å²) in [7, 11) is 0. The maximum atomic E-state index is 13.1. The van der Waals surface area contributed by atoms with Crippen LogP contribution in [-0.2, 0) is 5.88 Å². The van der Waals surface area contributed by atoms with Crippen LogP contribution in [0.3, 0.4) is 0 Å². The number of nitrogens with zero attached hydrogens (tertiary/aromatic N) is 1. The monoisotopic (exact) mass is 359 g/mol. The first-order valence-electron chi connectivity index (χ1n) is 5.48. The molecule has 0 N–H and O–H groups in total. The van der Waals surface area contributed by atoms with Crippen molar-refractivity contribution in [3.63, 3.8) is 0 Å². The maximum Gasteiger partial charge on any atom is 0.287 e. The number of halogens is 3. The second-order valence-electron chi connectivity index (χ2n) is 3.83. The Morgan fingerprint density at radius 2 is 2.05 bits per heavy atom. The van der Waals surface area contributed by atoms with E-state index in [9.17, 15) is 14.5 Å². The topological polar surface area (TPSA) is 52.4 Å². The first-order valence-corrected chi connectivity index (χ1v) is 6.81. The summed E-state index contributed by atoms with van der Waals surface area (Å²) >= 11 is 8.85. The Balaban J connectivity index is 2.40. The van der Waals surface area contributed by atoms with Crippen LogP contribution >= 0.6 is 27.5 Å². The highest BCUT2D eigenvalue weighted by Crippen LogP contribution is 2.37. The van der Waals surface area contributed by atoms with Crippen LogP contribution in [0.1, 0.15) is 5.56 Å². The van der Waals surface area contributed by atoms with Gasteiger partial charge in [0.25, 0.3) is 5.69 Å². The number of rotatable bonds is 4. The Kier molecular flexibility index (Phi) is 4.57. The van der Waals surface area contributed by atoms with Gasteiger partial charge in [-0.15, -0.1) is 11.6 Å². The summed E-state index contributed by atoms with van der Waals surface area (Å²) in [5.41, 5.74) is 0.349. The lowest BCUT2D eigenvalue weighted by molar-refractivity contribution is -0.385. The zero-order valence-electron chi connectivity index (χ0n) is 9.98. The van der Waals surface area contributed by atoms with Gasteiger partial charge in [-0.05, 0) is 40.2 Å². The Hall–Kier alpha value is -1.66. The highest BCUT2D eigenvalue weighted by atomic mass is 79.9. The molecule has 0 aliphatic carbocycles. The average Bonchev–Trinajstić information content (AvgIpc) is 2.42. The van der Waals surface area contributed by atoms with E-state index in [1.165, 1.54) is 30.3 Å². The Bertz CT molecular complexity index is 666. The lowest BCUT2D eigenvalue weighted by Crippen LogP contribution is -1.94. The molecular formula is C13H8BrClFNO3. The van der Waals surface area contributed by atoms with E-state index in [1.807, 2.05) is 0 Å². The van der Waals surface area contributed by atoms with Crippen LogP contribution in [0.25, 0.3) is 0 Å². The summed E-state index contributed by atoms with van der Waals surface area (Å²) in [5.74, 6) is 0.255. The molecule has 0 spiro atoms. The van der Waals surface area contributed by atoms with Gasteiger partial charge in [-0.2, -0.15) is 0 Å². The summed E-state index contributed by atoms with van der Waals surface area (Å²) in [4.78, 5) is 10.3. The molecule has 0 heterocycles. The third kappa shape index (κ3) is 3.08. The molecule has 0 aromatic heterocycles. The van der Waals surface area contributed by atoms with Gasteiger partial charge in [0.1, 0.15) is 21.8 Å². The van der Waals surface area contributed by atoms with Gasteiger partial charge in [0.05, 0.1) is 10.8 Å². The van der Waals surface area contributed by atoms with Gasteiger partial charge in [-0.25, -0.2) is 4.39 Å². The minimum Gasteiger partial charge on any atom is -0.456 e. The number of hydrogen-bond acceptors (Lipinski definition) is 3. The highest BCUT2D eigenvalue weighted by molar-refractivity contribution is 9.10. The smallest absolute Gasteiger partial charge is 0.287 e. The first kappa shape index (κ1) is 14.7. The average molecular weight is 361 g/mol. The minimum absolute atomic E-state index is 0.0691. The molecule has 104 valence electrons. The van der Waals surface area contributed by atoms with Crippen LogP contribution in [0.4, 0.5) is 10.1 Å². The van der Waals surface area contributed by atoms with Crippen LogP contribution in [-0.4, -0.2) is 4.92 Å². The Labute approximate surface area is 127 Å². The predicted molar refractivity (Wildman–Crippen MR) is 76.8 cm³/mol. The van der Waals surface area contributed by atoms with Crippen molar-refractivity contribution in [2.45, 2.75) is 5.88 Å². The quantitative estimate of drug-likeness (QED) is 0.436. The Morgan fingerprint density at radius 1 is 1.30 bits per heavy atom. The van der Waals surface area contributed by atoms with Crippen LogP contribution < -0.4 is 4.74 Å². The number of hydrogen-bond donors (Lipinski definition) is 0. The summed E-state index contributed by atoms with van der Waals surface area (Å²) in [6.07, 6.45) is 0. The van der Waals surface area contributed by atoms with Gasteiger partial charge in [0.2, 0.25) is 0 Å². The second kappa shape index (κ2) is 6.19. The van der Waals surface area contributed by atoms with Crippen LogP contribution in [0, 0.1) is 15.9 Å².